The van der Waals surface area contributed by atoms with Crippen LogP contribution in [0.25, 0.3) is 0 Å². The van der Waals surface area contributed by atoms with Gasteiger partial charge >= 0.3 is 6.09 Å². The van der Waals surface area contributed by atoms with Crippen LogP contribution >= 0.6 is 24.0 Å². The number of hydrogen-bond acceptors (Lipinski definition) is 5. The molecule has 8 nitrogen and oxygen atoms in total. The Kier molecular flexibility index (Phi) is 8.38. The van der Waals surface area contributed by atoms with Crippen molar-refractivity contribution >= 4 is 36.0 Å². The number of carbonyl (C=O) groups is 1. The average Bonchev–Trinajstić information content (AvgIpc) is 2.58. The van der Waals surface area contributed by atoms with Gasteiger partial charge in [0.2, 0.25) is 5.88 Å². The first-order chi connectivity index (χ1) is 11.8. The van der Waals surface area contributed by atoms with Gasteiger partial charge in [0.1, 0.15) is 5.60 Å². The van der Waals surface area contributed by atoms with E-state index < -0.39 is 5.60 Å². The summed E-state index contributed by atoms with van der Waals surface area (Å²) < 4.78 is 10.4. The van der Waals surface area contributed by atoms with Crippen LogP contribution in [0.15, 0.2) is 23.3 Å². The molecule has 146 valence electrons. The third kappa shape index (κ3) is 6.85. The van der Waals surface area contributed by atoms with Gasteiger partial charge in [0, 0.05) is 38.4 Å². The van der Waals surface area contributed by atoms with E-state index in [1.807, 2.05) is 31.7 Å². The molecule has 0 aromatic carbocycles. The van der Waals surface area contributed by atoms with E-state index in [9.17, 15) is 4.79 Å². The summed E-state index contributed by atoms with van der Waals surface area (Å²) in [5, 5.41) is 0. The largest absolute Gasteiger partial charge is 0.481 e. The van der Waals surface area contributed by atoms with Crippen molar-refractivity contribution in [2.75, 3.05) is 33.3 Å². The fourth-order valence-electron chi connectivity index (χ4n) is 2.34. The number of ether oxygens (including phenoxy) is 2. The standard InChI is InChI=1S/C17H27N5O3.HI/c1-17(2,3)25-16(23)22-9-7-21(8-10-22)15(18)20-12-13-5-6-14(24-4)19-11-13;/h5-6,11H,7-10,12H2,1-4H3,(H2,18,20);1H. The third-order valence-electron chi connectivity index (χ3n) is 3.69. The zero-order valence-corrected chi connectivity index (χ0v) is 18.1. The predicted molar refractivity (Wildman–Crippen MR) is 111 cm³/mol. The number of hydrogen-bond donors (Lipinski definition) is 1. The van der Waals surface area contributed by atoms with Gasteiger partial charge in [0.05, 0.1) is 13.7 Å². The lowest BCUT2D eigenvalue weighted by Crippen LogP contribution is -2.53. The Morgan fingerprint density at radius 2 is 1.85 bits per heavy atom. The Hall–Kier alpha value is -1.78. The van der Waals surface area contributed by atoms with Gasteiger partial charge in [-0.15, -0.1) is 24.0 Å². The molecule has 1 aliphatic heterocycles. The van der Waals surface area contributed by atoms with Gasteiger partial charge in [-0.3, -0.25) is 0 Å². The Balaban J connectivity index is 0.00000338. The van der Waals surface area contributed by atoms with E-state index in [-0.39, 0.29) is 30.1 Å². The molecule has 2 rings (SSSR count). The van der Waals surface area contributed by atoms with Crippen LogP contribution < -0.4 is 10.5 Å². The zero-order valence-electron chi connectivity index (χ0n) is 15.8. The number of piperazine rings is 1. The average molecular weight is 477 g/mol. The molecule has 0 spiro atoms. The highest BCUT2D eigenvalue weighted by Crippen LogP contribution is 2.12. The van der Waals surface area contributed by atoms with Crippen molar-refractivity contribution in [1.29, 1.82) is 0 Å². The van der Waals surface area contributed by atoms with Crippen molar-refractivity contribution in [3.8, 4) is 5.88 Å². The highest BCUT2D eigenvalue weighted by Gasteiger charge is 2.26. The van der Waals surface area contributed by atoms with Crippen LogP contribution in [0.5, 0.6) is 5.88 Å². The first-order valence-electron chi connectivity index (χ1n) is 8.30. The molecule has 0 atom stereocenters. The quantitative estimate of drug-likeness (QED) is 0.407. The van der Waals surface area contributed by atoms with Crippen molar-refractivity contribution in [3.63, 3.8) is 0 Å². The molecule has 2 N–H and O–H groups in total. The minimum atomic E-state index is -0.485. The second-order valence-corrected chi connectivity index (χ2v) is 6.84. The van der Waals surface area contributed by atoms with Gasteiger partial charge in [-0.2, -0.15) is 0 Å². The molecule has 2 heterocycles. The summed E-state index contributed by atoms with van der Waals surface area (Å²) in [4.78, 5) is 24.3. The number of aliphatic imine (C=N–C) groups is 1. The van der Waals surface area contributed by atoms with E-state index in [4.69, 9.17) is 15.2 Å². The maximum absolute atomic E-state index is 12.1. The molecule has 9 heteroatoms. The van der Waals surface area contributed by atoms with Gasteiger partial charge in [-0.1, -0.05) is 6.07 Å². The summed E-state index contributed by atoms with van der Waals surface area (Å²) >= 11 is 0. The highest BCUT2D eigenvalue weighted by molar-refractivity contribution is 14.0. The van der Waals surface area contributed by atoms with Gasteiger partial charge in [0.15, 0.2) is 5.96 Å². The highest BCUT2D eigenvalue weighted by atomic mass is 127. The van der Waals surface area contributed by atoms with Crippen molar-refractivity contribution in [2.45, 2.75) is 32.9 Å². The van der Waals surface area contributed by atoms with Crippen molar-refractivity contribution < 1.29 is 14.3 Å². The van der Waals surface area contributed by atoms with Gasteiger partial charge in [-0.25, -0.2) is 14.8 Å². The van der Waals surface area contributed by atoms with Crippen LogP contribution in [0.4, 0.5) is 4.79 Å². The smallest absolute Gasteiger partial charge is 0.410 e. The van der Waals surface area contributed by atoms with E-state index in [1.165, 1.54) is 0 Å². The molecule has 1 amide bonds. The number of rotatable bonds is 3. The van der Waals surface area contributed by atoms with Crippen LogP contribution in [0, 0.1) is 0 Å². The minimum absolute atomic E-state index is 0. The summed E-state index contributed by atoms with van der Waals surface area (Å²) in [6, 6.07) is 3.70. The molecule has 1 aliphatic rings. The number of methoxy groups -OCH3 is 1. The maximum atomic E-state index is 12.1. The van der Waals surface area contributed by atoms with Crippen LogP contribution in [0.2, 0.25) is 0 Å². The lowest BCUT2D eigenvalue weighted by Gasteiger charge is -2.36. The van der Waals surface area contributed by atoms with Crippen molar-refractivity contribution in [1.82, 2.24) is 14.8 Å². The van der Waals surface area contributed by atoms with Crippen LogP contribution in [-0.4, -0.2) is 65.7 Å². The monoisotopic (exact) mass is 477 g/mol. The number of nitrogens with zero attached hydrogens (tertiary/aromatic N) is 4. The first-order valence-corrected chi connectivity index (χ1v) is 8.30. The molecule has 0 saturated carbocycles. The topological polar surface area (TPSA) is 93.3 Å². The molecular formula is C17H28IN5O3. The molecule has 1 aromatic heterocycles. The lowest BCUT2D eigenvalue weighted by molar-refractivity contribution is 0.0186. The number of halogens is 1. The Bertz CT molecular complexity index is 608. The molecule has 1 saturated heterocycles. The van der Waals surface area contributed by atoms with Crippen molar-refractivity contribution in [2.24, 2.45) is 10.7 Å². The normalized spacial score (nSPS) is 15.3. The third-order valence-corrected chi connectivity index (χ3v) is 3.69. The van der Waals surface area contributed by atoms with Crippen LogP contribution in [0.1, 0.15) is 26.3 Å². The molecule has 1 fully saturated rings. The number of aromatic nitrogens is 1. The van der Waals surface area contributed by atoms with Crippen LogP contribution in [0.3, 0.4) is 0 Å². The van der Waals surface area contributed by atoms with Crippen LogP contribution in [-0.2, 0) is 11.3 Å². The Morgan fingerprint density at radius 3 is 2.35 bits per heavy atom. The SMILES string of the molecule is COc1ccc(CN=C(N)N2CCN(C(=O)OC(C)(C)C)CC2)cn1.I. The van der Waals surface area contributed by atoms with E-state index in [0.717, 1.165) is 5.56 Å². The van der Waals surface area contributed by atoms with E-state index in [0.29, 0.717) is 44.6 Å². The number of carbonyl (C=O) groups excluding carboxylic acids is 1. The van der Waals surface area contributed by atoms with E-state index >= 15 is 0 Å². The van der Waals surface area contributed by atoms with E-state index in [1.54, 1.807) is 24.3 Å². The molecule has 1 aromatic rings. The van der Waals surface area contributed by atoms with Gasteiger partial charge in [-0.05, 0) is 26.3 Å². The summed E-state index contributed by atoms with van der Waals surface area (Å²) in [6.07, 6.45) is 1.43. The second-order valence-electron chi connectivity index (χ2n) is 6.84. The van der Waals surface area contributed by atoms with E-state index in [2.05, 4.69) is 9.98 Å². The molecule has 0 unspecified atom stereocenters. The number of pyridine rings is 1. The summed E-state index contributed by atoms with van der Waals surface area (Å²) in [5.74, 6) is 1.04. The Labute approximate surface area is 171 Å². The summed E-state index contributed by atoms with van der Waals surface area (Å²) in [6.45, 7) is 8.43. The molecule has 26 heavy (non-hydrogen) atoms. The number of amides is 1. The summed E-state index contributed by atoms with van der Waals surface area (Å²) in [7, 11) is 1.58. The Morgan fingerprint density at radius 1 is 1.23 bits per heavy atom. The molecule has 0 bridgehead atoms. The molecular weight excluding hydrogens is 449 g/mol. The molecule has 0 radical (unpaired) electrons. The first kappa shape index (κ1) is 22.3. The lowest BCUT2D eigenvalue weighted by atomic mass is 10.2. The number of guanidine groups is 1. The zero-order chi connectivity index (χ0) is 18.4. The van der Waals surface area contributed by atoms with Gasteiger partial charge in [0.25, 0.3) is 0 Å². The fraction of sp³-hybridized carbons (Fsp3) is 0.588. The predicted octanol–water partition coefficient (Wildman–Crippen LogP) is 2.08. The second kappa shape index (κ2) is 9.79. The summed E-state index contributed by atoms with van der Waals surface area (Å²) in [5.41, 5.74) is 6.54. The maximum Gasteiger partial charge on any atom is 0.410 e. The fourth-order valence-corrected chi connectivity index (χ4v) is 2.34. The number of nitrogens with two attached hydrogens (primary N) is 1. The minimum Gasteiger partial charge on any atom is -0.481 e. The molecule has 0 aliphatic carbocycles. The van der Waals surface area contributed by atoms with Crippen molar-refractivity contribution in [3.05, 3.63) is 23.9 Å². The van der Waals surface area contributed by atoms with Gasteiger partial charge < -0.3 is 25.0 Å².